The average Bonchev–Trinajstić information content (AvgIpc) is 3.40. The van der Waals surface area contributed by atoms with E-state index in [1.165, 1.54) is 19.2 Å². The number of hydrogen-bond donors (Lipinski definition) is 3. The number of aromatic nitrogens is 4. The lowest BCUT2D eigenvalue weighted by molar-refractivity contribution is -0.249. The van der Waals surface area contributed by atoms with E-state index in [1.54, 1.807) is 0 Å². The summed E-state index contributed by atoms with van der Waals surface area (Å²) in [6, 6.07) is 0.489. The molecule has 3 aromatic heterocycles. The number of aryl methyl sites for hydroxylation is 1. The third-order valence-electron chi connectivity index (χ3n) is 6.34. The first-order chi connectivity index (χ1) is 17.9. The summed E-state index contributed by atoms with van der Waals surface area (Å²) in [5.41, 5.74) is 0.0239. The number of nitrogens with zero attached hydrogens (tertiary/aromatic N) is 5. The van der Waals surface area contributed by atoms with Gasteiger partial charge in [0, 0.05) is 18.3 Å². The summed E-state index contributed by atoms with van der Waals surface area (Å²) in [7, 11) is 0. The van der Waals surface area contributed by atoms with Crippen LogP contribution in [-0.4, -0.2) is 78.5 Å². The fourth-order valence-corrected chi connectivity index (χ4v) is 4.13. The number of nitrogen functional groups attached to an aromatic ring is 1. The van der Waals surface area contributed by atoms with Crippen LogP contribution in [0.4, 0.5) is 36.6 Å². The van der Waals surface area contributed by atoms with E-state index in [-0.39, 0.29) is 29.4 Å². The zero-order chi connectivity index (χ0) is 29.1. The highest BCUT2D eigenvalue weighted by atomic mass is 19.4. The van der Waals surface area contributed by atoms with Gasteiger partial charge in [-0.15, -0.1) is 0 Å². The lowest BCUT2D eigenvalue weighted by atomic mass is 10.1. The number of nitrogens with one attached hydrogen (secondary N) is 1. The molecule has 0 saturated carbocycles. The van der Waals surface area contributed by atoms with Crippen molar-refractivity contribution in [2.75, 3.05) is 18.8 Å². The number of carbonyl (C=O) groups is 2. The fourth-order valence-electron chi connectivity index (χ4n) is 4.13. The molecule has 0 aromatic carbocycles. The van der Waals surface area contributed by atoms with E-state index in [0.717, 1.165) is 16.9 Å². The molecule has 0 radical (unpaired) electrons. The summed E-state index contributed by atoms with van der Waals surface area (Å²) in [6.45, 7) is 0.153. The van der Waals surface area contributed by atoms with Gasteiger partial charge in [-0.05, 0) is 26.0 Å². The molecule has 1 aliphatic rings. The van der Waals surface area contributed by atoms with Crippen LogP contribution in [0, 0.1) is 6.92 Å². The van der Waals surface area contributed by atoms with E-state index >= 15 is 0 Å². The molecule has 2 amide bonds. The van der Waals surface area contributed by atoms with E-state index < -0.39 is 72.0 Å². The SMILES string of the molecule is Cc1ncc(-c2cc(C(F)(F)F)c3c(N)ncnn23)cc1C(=O)N[C@@H]1CN(C(=O)C(C)(O)C(F)(F)F)C[C@@H]1F. The first-order valence-corrected chi connectivity index (χ1v) is 11.1. The molecular formula is C22H20F7N7O3. The van der Waals surface area contributed by atoms with Crippen molar-refractivity contribution in [1.29, 1.82) is 0 Å². The summed E-state index contributed by atoms with van der Waals surface area (Å²) in [4.78, 5) is 33.2. The molecule has 39 heavy (non-hydrogen) atoms. The van der Waals surface area contributed by atoms with Gasteiger partial charge in [-0.1, -0.05) is 0 Å². The molecule has 0 bridgehead atoms. The van der Waals surface area contributed by atoms with E-state index in [9.17, 15) is 45.4 Å². The first kappa shape index (κ1) is 28.0. The molecule has 1 aliphatic heterocycles. The Morgan fingerprint density at radius 2 is 1.79 bits per heavy atom. The van der Waals surface area contributed by atoms with Gasteiger partial charge in [0.05, 0.1) is 35.1 Å². The van der Waals surface area contributed by atoms with Crippen molar-refractivity contribution >= 4 is 23.1 Å². The molecule has 1 unspecified atom stereocenters. The average molecular weight is 563 g/mol. The Morgan fingerprint density at radius 1 is 1.13 bits per heavy atom. The molecule has 4 rings (SSSR count). The second-order valence-corrected chi connectivity index (χ2v) is 9.08. The number of anilines is 1. The van der Waals surface area contributed by atoms with Gasteiger partial charge in [-0.2, -0.15) is 31.4 Å². The number of rotatable bonds is 4. The van der Waals surface area contributed by atoms with E-state index in [0.29, 0.717) is 4.90 Å². The Hall–Kier alpha value is -4.02. The molecule has 4 N–H and O–H groups in total. The van der Waals surface area contributed by atoms with Crippen LogP contribution in [0.3, 0.4) is 0 Å². The van der Waals surface area contributed by atoms with Crippen molar-refractivity contribution in [3.05, 3.63) is 41.5 Å². The third-order valence-corrected chi connectivity index (χ3v) is 6.34. The Balaban J connectivity index is 1.62. The summed E-state index contributed by atoms with van der Waals surface area (Å²) in [6.07, 6.45) is -9.99. The number of amides is 2. The topological polar surface area (TPSA) is 139 Å². The smallest absolute Gasteiger partial charge is 0.382 e. The van der Waals surface area contributed by atoms with Crippen LogP contribution in [0.25, 0.3) is 16.8 Å². The van der Waals surface area contributed by atoms with Gasteiger partial charge >= 0.3 is 12.4 Å². The number of hydrogen-bond acceptors (Lipinski definition) is 7. The number of likely N-dealkylation sites (tertiary alicyclic amines) is 1. The van der Waals surface area contributed by atoms with Gasteiger partial charge in [-0.3, -0.25) is 14.6 Å². The fraction of sp³-hybridized carbons (Fsp3) is 0.409. The van der Waals surface area contributed by atoms with Crippen molar-refractivity contribution in [2.45, 2.75) is 44.0 Å². The maximum atomic E-state index is 14.6. The highest BCUT2D eigenvalue weighted by Gasteiger charge is 2.58. The van der Waals surface area contributed by atoms with Gasteiger partial charge in [0.2, 0.25) is 5.60 Å². The van der Waals surface area contributed by atoms with Crippen LogP contribution in [0.1, 0.15) is 28.5 Å². The van der Waals surface area contributed by atoms with Crippen LogP contribution in [0.15, 0.2) is 24.7 Å². The van der Waals surface area contributed by atoms with E-state index in [2.05, 4.69) is 20.4 Å². The molecule has 0 aliphatic carbocycles. The van der Waals surface area contributed by atoms with Crippen LogP contribution >= 0.6 is 0 Å². The predicted molar refractivity (Wildman–Crippen MR) is 120 cm³/mol. The van der Waals surface area contributed by atoms with E-state index in [1.807, 2.05) is 0 Å². The number of halogens is 7. The Morgan fingerprint density at radius 3 is 2.41 bits per heavy atom. The highest BCUT2D eigenvalue weighted by Crippen LogP contribution is 2.39. The van der Waals surface area contributed by atoms with Crippen LogP contribution < -0.4 is 11.1 Å². The Labute approximate surface area is 214 Å². The molecule has 10 nitrogen and oxygen atoms in total. The summed E-state index contributed by atoms with van der Waals surface area (Å²) in [5.74, 6) is -3.17. The first-order valence-electron chi connectivity index (χ1n) is 11.1. The molecule has 1 fully saturated rings. The minimum absolute atomic E-state index is 0.00981. The van der Waals surface area contributed by atoms with Crippen LogP contribution in [-0.2, 0) is 11.0 Å². The van der Waals surface area contributed by atoms with Crippen LogP contribution in [0.5, 0.6) is 0 Å². The molecule has 4 heterocycles. The molecule has 17 heteroatoms. The van der Waals surface area contributed by atoms with E-state index in [4.69, 9.17) is 5.73 Å². The monoisotopic (exact) mass is 563 g/mol. The molecule has 3 aromatic rings. The van der Waals surface area contributed by atoms with Crippen molar-refractivity contribution in [1.82, 2.24) is 29.8 Å². The van der Waals surface area contributed by atoms with Crippen LogP contribution in [0.2, 0.25) is 0 Å². The van der Waals surface area contributed by atoms with Crippen molar-refractivity contribution < 1.29 is 45.4 Å². The second kappa shape index (κ2) is 9.32. The molecule has 210 valence electrons. The standard InChI is InChI=1S/C22H20F7N7O3/c1-9-11(18(37)34-14-7-35(6-13(14)23)19(38)20(2,39)22(27,28)29)3-10(5-31-9)15-4-12(21(24,25)26)16-17(30)32-8-33-36(15)16/h3-5,8,13-14,39H,6-7H2,1-2H3,(H,34,37)(H2,30,32,33)/t13-,14+,20?/m0/s1. The summed E-state index contributed by atoms with van der Waals surface area (Å²) >= 11 is 0. The minimum atomic E-state index is -5.31. The van der Waals surface area contributed by atoms with Crippen molar-refractivity contribution in [2.24, 2.45) is 0 Å². The lowest BCUT2D eigenvalue weighted by Gasteiger charge is -2.29. The highest BCUT2D eigenvalue weighted by molar-refractivity contribution is 5.97. The molecular weight excluding hydrogens is 543 g/mol. The van der Waals surface area contributed by atoms with Gasteiger partial charge in [0.25, 0.3) is 11.8 Å². The maximum Gasteiger partial charge on any atom is 0.426 e. The summed E-state index contributed by atoms with van der Waals surface area (Å²) in [5, 5.41) is 15.7. The Kier molecular flexibility index (Phi) is 6.69. The molecule has 3 atom stereocenters. The third kappa shape index (κ3) is 4.93. The zero-order valence-corrected chi connectivity index (χ0v) is 20.1. The van der Waals surface area contributed by atoms with Gasteiger partial charge in [0.15, 0.2) is 5.82 Å². The number of alkyl halides is 7. The van der Waals surface area contributed by atoms with Crippen molar-refractivity contribution in [3.63, 3.8) is 0 Å². The van der Waals surface area contributed by atoms with Crippen molar-refractivity contribution in [3.8, 4) is 11.3 Å². The normalized spacial score (nSPS) is 19.8. The number of fused-ring (bicyclic) bond motifs is 1. The number of aliphatic hydroxyl groups is 1. The number of carbonyl (C=O) groups excluding carboxylic acids is 2. The minimum Gasteiger partial charge on any atom is -0.382 e. The zero-order valence-electron chi connectivity index (χ0n) is 20.1. The molecule has 0 spiro atoms. The largest absolute Gasteiger partial charge is 0.426 e. The lowest BCUT2D eigenvalue weighted by Crippen LogP contribution is -2.56. The van der Waals surface area contributed by atoms with Gasteiger partial charge in [-0.25, -0.2) is 13.9 Å². The summed E-state index contributed by atoms with van der Waals surface area (Å²) < 4.78 is 95.5. The maximum absolute atomic E-state index is 14.6. The molecule has 1 saturated heterocycles. The number of nitrogens with two attached hydrogens (primary N) is 1. The van der Waals surface area contributed by atoms with Gasteiger partial charge in [0.1, 0.15) is 18.0 Å². The number of pyridine rings is 1. The second-order valence-electron chi connectivity index (χ2n) is 9.08. The van der Waals surface area contributed by atoms with Gasteiger partial charge < -0.3 is 21.1 Å². The predicted octanol–water partition coefficient (Wildman–Crippen LogP) is 2.29. The quantitative estimate of drug-likeness (QED) is 0.414. The Bertz CT molecular complexity index is 1450.